The molecule has 4 rings (SSSR count). The number of benzene rings is 1. The Bertz CT molecular complexity index is 1070. The highest BCUT2D eigenvalue weighted by atomic mass is 32.1. The van der Waals surface area contributed by atoms with Crippen LogP contribution < -0.4 is 14.4 Å². The van der Waals surface area contributed by atoms with E-state index in [0.717, 1.165) is 26.7 Å². The molecule has 0 aliphatic carbocycles. The van der Waals surface area contributed by atoms with E-state index in [1.807, 2.05) is 12.1 Å². The monoisotopic (exact) mass is 434 g/mol. The van der Waals surface area contributed by atoms with E-state index in [1.54, 1.807) is 30.5 Å². The number of amides is 1. The van der Waals surface area contributed by atoms with Gasteiger partial charge in [-0.1, -0.05) is 22.7 Å². The Labute approximate surface area is 174 Å². The molecule has 2 aromatic heterocycles. The molecular formula is C18H18N4O5S2. The number of thiophene rings is 1. The minimum Gasteiger partial charge on any atom is -0.493 e. The predicted molar refractivity (Wildman–Crippen MR) is 112 cm³/mol. The highest BCUT2D eigenvalue weighted by Crippen LogP contribution is 2.40. The molecule has 152 valence electrons. The summed E-state index contributed by atoms with van der Waals surface area (Å²) in [5.41, 5.74) is 0.760. The van der Waals surface area contributed by atoms with Crippen LogP contribution in [0.5, 0.6) is 11.5 Å². The molecule has 3 heterocycles. The maximum absolute atomic E-state index is 12.6. The van der Waals surface area contributed by atoms with Crippen molar-refractivity contribution < 1.29 is 19.2 Å². The summed E-state index contributed by atoms with van der Waals surface area (Å²) in [6.07, 6.45) is 0. The first-order chi connectivity index (χ1) is 14.0. The fraction of sp³-hybridized carbons (Fsp3) is 0.333. The number of nitro groups is 1. The third-order valence-electron chi connectivity index (χ3n) is 4.71. The number of rotatable bonds is 5. The molecule has 1 saturated heterocycles. The summed E-state index contributed by atoms with van der Waals surface area (Å²) in [4.78, 5) is 32.0. The van der Waals surface area contributed by atoms with Gasteiger partial charge in [-0.3, -0.25) is 14.9 Å². The van der Waals surface area contributed by atoms with Gasteiger partial charge < -0.3 is 19.3 Å². The van der Waals surface area contributed by atoms with Crippen LogP contribution in [0.2, 0.25) is 0 Å². The van der Waals surface area contributed by atoms with Crippen LogP contribution >= 0.6 is 22.7 Å². The molecule has 1 amide bonds. The van der Waals surface area contributed by atoms with Crippen molar-refractivity contribution in [2.24, 2.45) is 0 Å². The standard InChI is InChI=1S/C18H18N4O5S2/c1-26-11-3-4-12-15(16(11)27-2)19-18(29-12)21-9-7-20(8-10-21)17(23)13-5-6-14(28-13)22(24)25/h3-6H,7-10H2,1-2H3. The Morgan fingerprint density at radius 1 is 1.10 bits per heavy atom. The van der Waals surface area contributed by atoms with Crippen LogP contribution in [-0.4, -0.2) is 61.1 Å². The number of ether oxygens (including phenoxy) is 2. The van der Waals surface area contributed by atoms with Crippen LogP contribution in [0, 0.1) is 10.1 Å². The minimum atomic E-state index is -0.476. The molecule has 0 saturated carbocycles. The zero-order chi connectivity index (χ0) is 20.5. The van der Waals surface area contributed by atoms with E-state index in [9.17, 15) is 14.9 Å². The number of carbonyl (C=O) groups is 1. The molecule has 3 aromatic rings. The molecule has 1 aliphatic heterocycles. The number of hydrogen-bond acceptors (Lipinski definition) is 9. The van der Waals surface area contributed by atoms with Crippen LogP contribution in [0.25, 0.3) is 10.2 Å². The lowest BCUT2D eigenvalue weighted by atomic mass is 10.3. The largest absolute Gasteiger partial charge is 0.493 e. The smallest absolute Gasteiger partial charge is 0.324 e. The Morgan fingerprint density at radius 2 is 1.86 bits per heavy atom. The van der Waals surface area contributed by atoms with Gasteiger partial charge in [0, 0.05) is 32.2 Å². The molecule has 0 unspecified atom stereocenters. The van der Waals surface area contributed by atoms with Crippen LogP contribution in [0.1, 0.15) is 9.67 Å². The second-order valence-corrected chi connectivity index (χ2v) is 8.39. The summed E-state index contributed by atoms with van der Waals surface area (Å²) >= 11 is 2.48. The lowest BCUT2D eigenvalue weighted by Gasteiger charge is -2.34. The van der Waals surface area contributed by atoms with E-state index >= 15 is 0 Å². The molecule has 0 radical (unpaired) electrons. The molecule has 1 aromatic carbocycles. The third kappa shape index (κ3) is 3.58. The number of hydrogen-bond donors (Lipinski definition) is 0. The maximum atomic E-state index is 12.6. The van der Waals surface area contributed by atoms with Crippen LogP contribution in [0.3, 0.4) is 0 Å². The van der Waals surface area contributed by atoms with Crippen molar-refractivity contribution in [2.75, 3.05) is 45.3 Å². The molecule has 1 fully saturated rings. The summed E-state index contributed by atoms with van der Waals surface area (Å²) in [7, 11) is 3.19. The van der Waals surface area contributed by atoms with Crippen LogP contribution in [0.15, 0.2) is 24.3 Å². The predicted octanol–water partition coefficient (Wildman–Crippen LogP) is 3.25. The molecule has 1 aliphatic rings. The van der Waals surface area contributed by atoms with Gasteiger partial charge in [0.05, 0.1) is 28.7 Å². The van der Waals surface area contributed by atoms with E-state index in [2.05, 4.69) is 4.90 Å². The average Bonchev–Trinajstić information content (AvgIpc) is 3.40. The fourth-order valence-corrected chi connectivity index (χ4v) is 5.04. The number of carbonyl (C=O) groups excluding carboxylic acids is 1. The first-order valence-corrected chi connectivity index (χ1v) is 10.4. The number of thiazole rings is 1. The fourth-order valence-electron chi connectivity index (χ4n) is 3.23. The lowest BCUT2D eigenvalue weighted by Crippen LogP contribution is -2.48. The Balaban J connectivity index is 1.48. The van der Waals surface area contributed by atoms with Crippen molar-refractivity contribution in [2.45, 2.75) is 0 Å². The Hall–Kier alpha value is -2.92. The van der Waals surface area contributed by atoms with Gasteiger partial charge in [0.2, 0.25) is 0 Å². The molecular weight excluding hydrogens is 416 g/mol. The van der Waals surface area contributed by atoms with Gasteiger partial charge in [0.25, 0.3) is 5.91 Å². The first-order valence-electron chi connectivity index (χ1n) is 8.81. The molecule has 0 N–H and O–H groups in total. The van der Waals surface area contributed by atoms with Crippen molar-refractivity contribution in [1.29, 1.82) is 0 Å². The highest BCUT2D eigenvalue weighted by molar-refractivity contribution is 7.22. The summed E-state index contributed by atoms with van der Waals surface area (Å²) in [5.74, 6) is 1.08. The summed E-state index contributed by atoms with van der Waals surface area (Å²) in [6, 6.07) is 6.71. The van der Waals surface area contributed by atoms with Crippen molar-refractivity contribution in [3.05, 3.63) is 39.3 Å². The second-order valence-electron chi connectivity index (χ2n) is 6.32. The van der Waals surface area contributed by atoms with Gasteiger partial charge in [0.1, 0.15) is 5.52 Å². The quantitative estimate of drug-likeness (QED) is 0.449. The Morgan fingerprint density at radius 3 is 2.48 bits per heavy atom. The van der Waals surface area contributed by atoms with Gasteiger partial charge in [-0.15, -0.1) is 0 Å². The number of nitrogens with zero attached hydrogens (tertiary/aromatic N) is 4. The van der Waals surface area contributed by atoms with E-state index in [4.69, 9.17) is 14.5 Å². The lowest BCUT2D eigenvalue weighted by molar-refractivity contribution is -0.380. The summed E-state index contributed by atoms with van der Waals surface area (Å²) in [6.45, 7) is 2.33. The zero-order valence-corrected chi connectivity index (χ0v) is 17.4. The molecule has 9 nitrogen and oxygen atoms in total. The van der Waals surface area contributed by atoms with Gasteiger partial charge in [0.15, 0.2) is 16.6 Å². The van der Waals surface area contributed by atoms with E-state index in [-0.39, 0.29) is 10.9 Å². The second kappa shape index (κ2) is 7.84. The van der Waals surface area contributed by atoms with Gasteiger partial charge in [-0.2, -0.15) is 0 Å². The average molecular weight is 434 g/mol. The third-order valence-corrected chi connectivity index (χ3v) is 6.82. The van der Waals surface area contributed by atoms with Gasteiger partial charge >= 0.3 is 5.00 Å². The van der Waals surface area contributed by atoms with Crippen LogP contribution in [0.4, 0.5) is 10.1 Å². The molecule has 29 heavy (non-hydrogen) atoms. The number of methoxy groups -OCH3 is 2. The zero-order valence-electron chi connectivity index (χ0n) is 15.8. The highest BCUT2D eigenvalue weighted by Gasteiger charge is 2.26. The van der Waals surface area contributed by atoms with Crippen LogP contribution in [-0.2, 0) is 0 Å². The van der Waals surface area contributed by atoms with Crippen molar-refractivity contribution in [3.8, 4) is 11.5 Å². The van der Waals surface area contributed by atoms with E-state index < -0.39 is 4.92 Å². The normalized spacial score (nSPS) is 14.3. The van der Waals surface area contributed by atoms with E-state index in [0.29, 0.717) is 42.6 Å². The van der Waals surface area contributed by atoms with E-state index in [1.165, 1.54) is 12.1 Å². The molecule has 0 bridgehead atoms. The van der Waals surface area contributed by atoms with Crippen molar-refractivity contribution in [1.82, 2.24) is 9.88 Å². The number of piperazine rings is 1. The maximum Gasteiger partial charge on any atom is 0.324 e. The topological polar surface area (TPSA) is 98.0 Å². The number of anilines is 1. The number of aromatic nitrogens is 1. The minimum absolute atomic E-state index is 0.0224. The molecule has 0 spiro atoms. The van der Waals surface area contributed by atoms with Gasteiger partial charge in [-0.05, 0) is 18.2 Å². The summed E-state index contributed by atoms with van der Waals surface area (Å²) < 4.78 is 11.8. The summed E-state index contributed by atoms with van der Waals surface area (Å²) in [5, 5.41) is 11.7. The number of fused-ring (bicyclic) bond motifs is 1. The van der Waals surface area contributed by atoms with Crippen molar-refractivity contribution in [3.63, 3.8) is 0 Å². The SMILES string of the molecule is COc1ccc2sc(N3CCN(C(=O)c4ccc([N+](=O)[O-])s4)CC3)nc2c1OC. The Kier molecular flexibility index (Phi) is 5.24. The van der Waals surface area contributed by atoms with Gasteiger partial charge in [-0.25, -0.2) is 4.98 Å². The molecule has 0 atom stereocenters. The molecule has 11 heteroatoms. The first kappa shape index (κ1) is 19.4. The van der Waals surface area contributed by atoms with Crippen molar-refractivity contribution >= 4 is 48.9 Å².